The van der Waals surface area contributed by atoms with Crippen molar-refractivity contribution in [2.45, 2.75) is 57.4 Å². The lowest BCUT2D eigenvalue weighted by molar-refractivity contribution is -0.116. The van der Waals surface area contributed by atoms with Gasteiger partial charge in [0.25, 0.3) is 0 Å². The molecule has 0 radical (unpaired) electrons. The number of rotatable bonds is 8. The van der Waals surface area contributed by atoms with Crippen molar-refractivity contribution in [2.75, 3.05) is 5.32 Å². The monoisotopic (exact) mass is 312 g/mol. The molecule has 0 atom stereocenters. The van der Waals surface area contributed by atoms with Crippen molar-refractivity contribution in [3.05, 3.63) is 24.3 Å². The van der Waals surface area contributed by atoms with Crippen LogP contribution < -0.4 is 10.0 Å². The van der Waals surface area contributed by atoms with E-state index in [0.29, 0.717) is 12.1 Å². The zero-order valence-electron chi connectivity index (χ0n) is 12.8. The number of carbonyl (C=O) groups excluding carboxylic acids is 1. The molecule has 1 rings (SSSR count). The third-order valence-corrected chi connectivity index (χ3v) is 4.52. The van der Waals surface area contributed by atoms with Crippen LogP contribution in [0.25, 0.3) is 0 Å². The molecule has 0 aliphatic rings. The Kier molecular flexibility index (Phi) is 6.84. The van der Waals surface area contributed by atoms with E-state index in [2.05, 4.69) is 17.0 Å². The number of sulfonamides is 1. The summed E-state index contributed by atoms with van der Waals surface area (Å²) in [6, 6.07) is 6.03. The Morgan fingerprint density at radius 2 is 1.76 bits per heavy atom. The largest absolute Gasteiger partial charge is 0.326 e. The van der Waals surface area contributed by atoms with E-state index in [4.69, 9.17) is 0 Å². The van der Waals surface area contributed by atoms with Crippen LogP contribution in [0.1, 0.15) is 46.5 Å². The van der Waals surface area contributed by atoms with Crippen molar-refractivity contribution >= 4 is 21.6 Å². The van der Waals surface area contributed by atoms with Crippen LogP contribution in [0.3, 0.4) is 0 Å². The molecule has 1 aromatic rings. The molecule has 6 heteroatoms. The van der Waals surface area contributed by atoms with Crippen LogP contribution in [-0.4, -0.2) is 20.4 Å². The fraction of sp³-hybridized carbons (Fsp3) is 0.533. The normalized spacial score (nSPS) is 11.6. The van der Waals surface area contributed by atoms with Crippen molar-refractivity contribution in [3.8, 4) is 0 Å². The molecule has 0 aromatic heterocycles. The minimum atomic E-state index is -3.49. The van der Waals surface area contributed by atoms with Gasteiger partial charge in [-0.05, 0) is 44.5 Å². The van der Waals surface area contributed by atoms with Gasteiger partial charge in [-0.15, -0.1) is 0 Å². The average molecular weight is 312 g/mol. The van der Waals surface area contributed by atoms with Crippen LogP contribution in [0.2, 0.25) is 0 Å². The molecule has 0 saturated carbocycles. The molecule has 0 saturated heterocycles. The van der Waals surface area contributed by atoms with Gasteiger partial charge in [0, 0.05) is 18.2 Å². The Bertz CT molecular complexity index is 551. The quantitative estimate of drug-likeness (QED) is 0.725. The van der Waals surface area contributed by atoms with Crippen LogP contribution >= 0.6 is 0 Å². The molecule has 0 heterocycles. The molecule has 2 N–H and O–H groups in total. The molecule has 0 aliphatic heterocycles. The third-order valence-electron chi connectivity index (χ3n) is 2.85. The summed E-state index contributed by atoms with van der Waals surface area (Å²) in [5.74, 6) is -0.0423. The molecule has 5 nitrogen and oxygen atoms in total. The first-order chi connectivity index (χ1) is 9.85. The molecule has 118 valence electrons. The van der Waals surface area contributed by atoms with E-state index in [0.717, 1.165) is 19.3 Å². The summed E-state index contributed by atoms with van der Waals surface area (Å²) in [7, 11) is -3.49. The average Bonchev–Trinajstić information content (AvgIpc) is 2.38. The molecule has 1 amide bonds. The van der Waals surface area contributed by atoms with E-state index in [1.165, 1.54) is 12.1 Å². The highest BCUT2D eigenvalue weighted by Gasteiger charge is 2.15. The lowest BCUT2D eigenvalue weighted by Crippen LogP contribution is -2.30. The molecule has 0 spiro atoms. The van der Waals surface area contributed by atoms with Crippen molar-refractivity contribution in [3.63, 3.8) is 0 Å². The first-order valence-electron chi connectivity index (χ1n) is 7.27. The molecule has 21 heavy (non-hydrogen) atoms. The zero-order chi connectivity index (χ0) is 15.9. The highest BCUT2D eigenvalue weighted by Crippen LogP contribution is 2.15. The van der Waals surface area contributed by atoms with E-state index < -0.39 is 10.0 Å². The maximum Gasteiger partial charge on any atom is 0.240 e. The first kappa shape index (κ1) is 17.7. The summed E-state index contributed by atoms with van der Waals surface area (Å²) in [5.41, 5.74) is 0.611. The van der Waals surface area contributed by atoms with E-state index in [9.17, 15) is 13.2 Å². The Balaban J connectivity index is 2.64. The summed E-state index contributed by atoms with van der Waals surface area (Å²) in [6.07, 6.45) is 3.46. The van der Waals surface area contributed by atoms with Crippen molar-refractivity contribution in [1.29, 1.82) is 0 Å². The predicted octanol–water partition coefficient (Wildman–Crippen LogP) is 2.89. The number of unbranched alkanes of at least 4 members (excludes halogenated alkanes) is 2. The second kappa shape index (κ2) is 8.14. The van der Waals surface area contributed by atoms with Gasteiger partial charge < -0.3 is 5.32 Å². The van der Waals surface area contributed by atoms with Crippen LogP contribution in [-0.2, 0) is 14.8 Å². The SMILES string of the molecule is CCCCCC(=O)Nc1ccc(S(=O)(=O)NC(C)C)cc1. The van der Waals surface area contributed by atoms with E-state index in [1.54, 1.807) is 26.0 Å². The summed E-state index contributed by atoms with van der Waals surface area (Å²) in [4.78, 5) is 11.9. The number of benzene rings is 1. The molecular formula is C15H24N2O3S. The first-order valence-corrected chi connectivity index (χ1v) is 8.75. The van der Waals surface area contributed by atoms with Crippen LogP contribution in [0.5, 0.6) is 0 Å². The number of carbonyl (C=O) groups is 1. The van der Waals surface area contributed by atoms with Gasteiger partial charge in [0.05, 0.1) is 4.90 Å². The summed E-state index contributed by atoms with van der Waals surface area (Å²) < 4.78 is 26.4. The lowest BCUT2D eigenvalue weighted by Gasteiger charge is -2.10. The Morgan fingerprint density at radius 1 is 1.14 bits per heavy atom. The van der Waals surface area contributed by atoms with Gasteiger partial charge in [-0.3, -0.25) is 4.79 Å². The molecule has 0 unspecified atom stereocenters. The fourth-order valence-electron chi connectivity index (χ4n) is 1.85. The standard InChI is InChI=1S/C15H24N2O3S/c1-4-5-6-7-15(18)16-13-8-10-14(11-9-13)21(19,20)17-12(2)3/h8-12,17H,4-7H2,1-3H3,(H,16,18). The smallest absolute Gasteiger partial charge is 0.240 e. The van der Waals surface area contributed by atoms with E-state index in [1.807, 2.05) is 0 Å². The zero-order valence-corrected chi connectivity index (χ0v) is 13.7. The third kappa shape index (κ3) is 6.27. The highest BCUT2D eigenvalue weighted by atomic mass is 32.2. The Morgan fingerprint density at radius 3 is 2.29 bits per heavy atom. The minimum Gasteiger partial charge on any atom is -0.326 e. The van der Waals surface area contributed by atoms with Gasteiger partial charge in [-0.1, -0.05) is 19.8 Å². The van der Waals surface area contributed by atoms with E-state index in [-0.39, 0.29) is 16.8 Å². The topological polar surface area (TPSA) is 75.3 Å². The summed E-state index contributed by atoms with van der Waals surface area (Å²) >= 11 is 0. The number of hydrogen-bond donors (Lipinski definition) is 2. The lowest BCUT2D eigenvalue weighted by atomic mass is 10.2. The summed E-state index contributed by atoms with van der Waals surface area (Å²) in [5, 5.41) is 2.77. The van der Waals surface area contributed by atoms with Gasteiger partial charge in [-0.2, -0.15) is 0 Å². The molecular weight excluding hydrogens is 288 g/mol. The Hall–Kier alpha value is -1.40. The molecule has 0 bridgehead atoms. The van der Waals surface area contributed by atoms with Crippen molar-refractivity contribution in [1.82, 2.24) is 4.72 Å². The van der Waals surface area contributed by atoms with Crippen LogP contribution in [0.15, 0.2) is 29.2 Å². The number of hydrogen-bond acceptors (Lipinski definition) is 3. The number of nitrogens with one attached hydrogen (secondary N) is 2. The number of amides is 1. The minimum absolute atomic E-state index is 0.0423. The maximum absolute atomic E-state index is 12.0. The van der Waals surface area contributed by atoms with Gasteiger partial charge in [-0.25, -0.2) is 13.1 Å². The fourth-order valence-corrected chi connectivity index (χ4v) is 3.11. The second-order valence-corrected chi connectivity index (χ2v) is 7.02. The molecule has 0 fully saturated rings. The van der Waals surface area contributed by atoms with Gasteiger partial charge in [0.2, 0.25) is 15.9 Å². The molecule has 1 aromatic carbocycles. The van der Waals surface area contributed by atoms with Gasteiger partial charge in [0.15, 0.2) is 0 Å². The Labute approximate surface area is 127 Å². The summed E-state index contributed by atoms with van der Waals surface area (Å²) in [6.45, 7) is 5.62. The predicted molar refractivity (Wildman–Crippen MR) is 84.7 cm³/mol. The maximum atomic E-state index is 12.0. The van der Waals surface area contributed by atoms with Crippen molar-refractivity contribution in [2.24, 2.45) is 0 Å². The second-order valence-electron chi connectivity index (χ2n) is 5.31. The number of anilines is 1. The van der Waals surface area contributed by atoms with Gasteiger partial charge in [0.1, 0.15) is 0 Å². The van der Waals surface area contributed by atoms with E-state index >= 15 is 0 Å². The van der Waals surface area contributed by atoms with Crippen molar-refractivity contribution < 1.29 is 13.2 Å². The highest BCUT2D eigenvalue weighted by molar-refractivity contribution is 7.89. The molecule has 0 aliphatic carbocycles. The van der Waals surface area contributed by atoms with Crippen LogP contribution in [0.4, 0.5) is 5.69 Å². The van der Waals surface area contributed by atoms with Crippen LogP contribution in [0, 0.1) is 0 Å². The van der Waals surface area contributed by atoms with Gasteiger partial charge >= 0.3 is 0 Å².